The molecule has 0 spiro atoms. The van der Waals surface area contributed by atoms with Crippen molar-refractivity contribution in [3.05, 3.63) is 59.7 Å². The van der Waals surface area contributed by atoms with Gasteiger partial charge in [0.05, 0.1) is 0 Å². The van der Waals surface area contributed by atoms with Crippen LogP contribution in [0.2, 0.25) is 0 Å². The highest BCUT2D eigenvalue weighted by Crippen LogP contribution is 2.29. The lowest BCUT2D eigenvalue weighted by Crippen LogP contribution is -2.21. The molecule has 0 aliphatic heterocycles. The second kappa shape index (κ2) is 7.31. The molecular formula is C17H20N4O2. The zero-order valence-electron chi connectivity index (χ0n) is 12.9. The largest absolute Gasteiger partial charge is 0.351 e. The number of amides is 4. The Morgan fingerprint density at radius 1 is 0.913 bits per heavy atom. The molecule has 1 unspecified atom stereocenters. The normalized spacial score (nSPS) is 11.5. The summed E-state index contributed by atoms with van der Waals surface area (Å²) >= 11 is 0. The maximum absolute atomic E-state index is 11.1. The highest BCUT2D eigenvalue weighted by Gasteiger charge is 2.14. The van der Waals surface area contributed by atoms with Gasteiger partial charge in [-0.3, -0.25) is 0 Å². The van der Waals surface area contributed by atoms with E-state index in [0.29, 0.717) is 17.8 Å². The molecule has 120 valence electrons. The average Bonchev–Trinajstić information content (AvgIpc) is 2.48. The fourth-order valence-electron chi connectivity index (χ4n) is 2.57. The first-order valence-electron chi connectivity index (χ1n) is 7.27. The predicted octanol–water partition coefficient (Wildman–Crippen LogP) is 3.01. The van der Waals surface area contributed by atoms with Crippen molar-refractivity contribution in [2.75, 3.05) is 10.6 Å². The zero-order chi connectivity index (χ0) is 16.8. The summed E-state index contributed by atoms with van der Waals surface area (Å²) in [5.41, 5.74) is 13.7. The molecule has 23 heavy (non-hydrogen) atoms. The van der Waals surface area contributed by atoms with Crippen molar-refractivity contribution < 1.29 is 9.59 Å². The molecule has 2 aromatic carbocycles. The summed E-state index contributed by atoms with van der Waals surface area (Å²) in [6, 6.07) is 13.8. The third-order valence-corrected chi connectivity index (χ3v) is 3.55. The van der Waals surface area contributed by atoms with Gasteiger partial charge in [-0.15, -0.1) is 0 Å². The number of para-hydroxylation sites is 2. The van der Waals surface area contributed by atoms with Crippen LogP contribution in [0.4, 0.5) is 21.0 Å². The van der Waals surface area contributed by atoms with Crippen LogP contribution in [0, 0.1) is 0 Å². The molecule has 0 bridgehead atoms. The minimum Gasteiger partial charge on any atom is -0.351 e. The molecule has 6 N–H and O–H groups in total. The Balaban J connectivity index is 2.25. The Morgan fingerprint density at radius 2 is 1.43 bits per heavy atom. The molecular weight excluding hydrogens is 292 g/mol. The predicted molar refractivity (Wildman–Crippen MR) is 91.4 cm³/mol. The molecule has 2 aromatic rings. The van der Waals surface area contributed by atoms with Crippen molar-refractivity contribution in [1.29, 1.82) is 0 Å². The first-order chi connectivity index (χ1) is 11.0. The summed E-state index contributed by atoms with van der Waals surface area (Å²) in [4.78, 5) is 22.2. The minimum atomic E-state index is -0.597. The molecule has 0 saturated carbocycles. The quantitative estimate of drug-likeness (QED) is 0.680. The zero-order valence-corrected chi connectivity index (χ0v) is 12.9. The highest BCUT2D eigenvalue weighted by molar-refractivity contribution is 5.89. The highest BCUT2D eigenvalue weighted by atomic mass is 16.2. The standard InChI is InChI=1S/C17H20N4O2/c1-11(13-7-3-5-9-15(13)21-17(19)23)10-12-6-2-4-8-14(12)20-16(18)22/h2-9,11H,10H2,1H3,(H3,18,20,22)(H3,19,21,23). The number of nitrogens with two attached hydrogens (primary N) is 2. The molecule has 2 rings (SSSR count). The van der Waals surface area contributed by atoms with Crippen LogP contribution < -0.4 is 22.1 Å². The second-order valence-corrected chi connectivity index (χ2v) is 5.33. The van der Waals surface area contributed by atoms with Crippen molar-refractivity contribution in [2.45, 2.75) is 19.3 Å². The average molecular weight is 312 g/mol. The Kier molecular flexibility index (Phi) is 5.19. The SMILES string of the molecule is CC(Cc1ccccc1NC(N)=O)c1ccccc1NC(N)=O. The maximum Gasteiger partial charge on any atom is 0.316 e. The minimum absolute atomic E-state index is 0.105. The molecule has 1 atom stereocenters. The topological polar surface area (TPSA) is 110 Å². The van der Waals surface area contributed by atoms with Gasteiger partial charge in [-0.05, 0) is 35.6 Å². The van der Waals surface area contributed by atoms with Crippen molar-refractivity contribution in [1.82, 2.24) is 0 Å². The third kappa shape index (κ3) is 4.47. The molecule has 6 heteroatoms. The van der Waals surface area contributed by atoms with E-state index < -0.39 is 12.1 Å². The fourth-order valence-corrected chi connectivity index (χ4v) is 2.57. The Labute approximate surface area is 134 Å². The number of hydrogen-bond acceptors (Lipinski definition) is 2. The summed E-state index contributed by atoms with van der Waals surface area (Å²) < 4.78 is 0. The van der Waals surface area contributed by atoms with Crippen LogP contribution in [0.1, 0.15) is 24.0 Å². The summed E-state index contributed by atoms with van der Waals surface area (Å²) in [6.45, 7) is 2.04. The van der Waals surface area contributed by atoms with Gasteiger partial charge in [0, 0.05) is 11.4 Å². The molecule has 0 saturated heterocycles. The van der Waals surface area contributed by atoms with E-state index in [2.05, 4.69) is 10.6 Å². The Hall–Kier alpha value is -3.02. The number of hydrogen-bond donors (Lipinski definition) is 4. The summed E-state index contributed by atoms with van der Waals surface area (Å²) in [7, 11) is 0. The van der Waals surface area contributed by atoms with Gasteiger partial charge in [0.15, 0.2) is 0 Å². The number of nitrogens with one attached hydrogen (secondary N) is 2. The van der Waals surface area contributed by atoms with Crippen LogP contribution >= 0.6 is 0 Å². The summed E-state index contributed by atoms with van der Waals surface area (Å²) in [5.74, 6) is 0.105. The van der Waals surface area contributed by atoms with Gasteiger partial charge in [0.2, 0.25) is 0 Å². The maximum atomic E-state index is 11.1. The van der Waals surface area contributed by atoms with Crippen LogP contribution in [-0.2, 0) is 6.42 Å². The van der Waals surface area contributed by atoms with Gasteiger partial charge in [-0.2, -0.15) is 0 Å². The van der Waals surface area contributed by atoms with E-state index in [-0.39, 0.29) is 5.92 Å². The fraction of sp³-hybridized carbons (Fsp3) is 0.176. The number of carbonyl (C=O) groups is 2. The molecule has 4 amide bonds. The monoisotopic (exact) mass is 312 g/mol. The van der Waals surface area contributed by atoms with Gasteiger partial charge in [-0.25, -0.2) is 9.59 Å². The number of primary amides is 2. The molecule has 0 aromatic heterocycles. The van der Waals surface area contributed by atoms with E-state index in [1.54, 1.807) is 6.07 Å². The van der Waals surface area contributed by atoms with Crippen molar-refractivity contribution in [3.8, 4) is 0 Å². The molecule has 0 fully saturated rings. The number of benzene rings is 2. The third-order valence-electron chi connectivity index (χ3n) is 3.55. The summed E-state index contributed by atoms with van der Waals surface area (Å²) in [6.07, 6.45) is 0.675. The van der Waals surface area contributed by atoms with Crippen LogP contribution in [0.15, 0.2) is 48.5 Å². The first-order valence-corrected chi connectivity index (χ1v) is 7.27. The molecule has 0 radical (unpaired) electrons. The van der Waals surface area contributed by atoms with E-state index in [1.807, 2.05) is 49.4 Å². The van der Waals surface area contributed by atoms with Gasteiger partial charge in [-0.1, -0.05) is 43.3 Å². The number of anilines is 2. The van der Waals surface area contributed by atoms with E-state index >= 15 is 0 Å². The van der Waals surface area contributed by atoms with Gasteiger partial charge < -0.3 is 22.1 Å². The smallest absolute Gasteiger partial charge is 0.316 e. The second-order valence-electron chi connectivity index (χ2n) is 5.33. The van der Waals surface area contributed by atoms with E-state index in [4.69, 9.17) is 11.5 Å². The van der Waals surface area contributed by atoms with Crippen molar-refractivity contribution in [3.63, 3.8) is 0 Å². The van der Waals surface area contributed by atoms with Crippen molar-refractivity contribution in [2.24, 2.45) is 11.5 Å². The van der Waals surface area contributed by atoms with Crippen LogP contribution in [-0.4, -0.2) is 12.1 Å². The van der Waals surface area contributed by atoms with Gasteiger partial charge in [0.25, 0.3) is 0 Å². The molecule has 6 nitrogen and oxygen atoms in total. The molecule has 0 heterocycles. The van der Waals surface area contributed by atoms with Crippen molar-refractivity contribution >= 4 is 23.4 Å². The van der Waals surface area contributed by atoms with E-state index in [0.717, 1.165) is 11.1 Å². The number of urea groups is 2. The number of carbonyl (C=O) groups excluding carboxylic acids is 2. The lowest BCUT2D eigenvalue weighted by molar-refractivity contribution is 0.258. The van der Waals surface area contributed by atoms with Crippen LogP contribution in [0.3, 0.4) is 0 Å². The van der Waals surface area contributed by atoms with Crippen LogP contribution in [0.25, 0.3) is 0 Å². The van der Waals surface area contributed by atoms with Gasteiger partial charge >= 0.3 is 12.1 Å². The summed E-state index contributed by atoms with van der Waals surface area (Å²) in [5, 5.41) is 5.26. The molecule has 0 aliphatic rings. The Morgan fingerprint density at radius 3 is 2.09 bits per heavy atom. The number of rotatable bonds is 5. The lowest BCUT2D eigenvalue weighted by atomic mass is 9.91. The van der Waals surface area contributed by atoms with E-state index in [1.165, 1.54) is 0 Å². The van der Waals surface area contributed by atoms with Gasteiger partial charge in [0.1, 0.15) is 0 Å². The first kappa shape index (κ1) is 16.4. The Bertz CT molecular complexity index is 715. The lowest BCUT2D eigenvalue weighted by Gasteiger charge is -2.18. The molecule has 0 aliphatic carbocycles. The van der Waals surface area contributed by atoms with E-state index in [9.17, 15) is 9.59 Å². The van der Waals surface area contributed by atoms with Crippen LogP contribution in [0.5, 0.6) is 0 Å².